The van der Waals surface area contributed by atoms with Crippen LogP contribution in [0.5, 0.6) is 11.5 Å². The third-order valence-corrected chi connectivity index (χ3v) is 9.37. The lowest BCUT2D eigenvalue weighted by atomic mass is 9.81. The van der Waals surface area contributed by atoms with Crippen molar-refractivity contribution >= 4 is 32.7 Å². The molecule has 0 bridgehead atoms. The third kappa shape index (κ3) is 6.70. The van der Waals surface area contributed by atoms with Crippen LogP contribution in [0.25, 0.3) is 11.1 Å². The number of hydrogen-bond acceptors (Lipinski definition) is 6. The summed E-state index contributed by atoms with van der Waals surface area (Å²) in [4.78, 5) is 5.02. The van der Waals surface area contributed by atoms with Gasteiger partial charge in [-0.2, -0.15) is 0 Å². The summed E-state index contributed by atoms with van der Waals surface area (Å²) in [6.07, 6.45) is 7.98. The zero-order valence-corrected chi connectivity index (χ0v) is 24.3. The van der Waals surface area contributed by atoms with Gasteiger partial charge in [-0.15, -0.1) is 0 Å². The van der Waals surface area contributed by atoms with Crippen LogP contribution < -0.4 is 14.2 Å². The van der Waals surface area contributed by atoms with Crippen LogP contribution in [0.2, 0.25) is 0 Å². The van der Waals surface area contributed by atoms with Crippen LogP contribution in [0.4, 0.5) is 20.2 Å². The number of pyridine rings is 1. The summed E-state index contributed by atoms with van der Waals surface area (Å²) in [5.74, 6) is -1.86. The van der Waals surface area contributed by atoms with E-state index in [9.17, 15) is 26.0 Å². The monoisotopic (exact) mass is 604 g/mol. The molecule has 220 valence electrons. The van der Waals surface area contributed by atoms with Crippen molar-refractivity contribution in [1.82, 2.24) is 4.98 Å². The molecule has 41 heavy (non-hydrogen) atoms. The van der Waals surface area contributed by atoms with Gasteiger partial charge in [0.2, 0.25) is 10.0 Å². The minimum atomic E-state index is -3.65. The van der Waals surface area contributed by atoms with Gasteiger partial charge in [-0.05, 0) is 81.3 Å². The molecular formula is C29H32F2N3O5S2-. The van der Waals surface area contributed by atoms with Crippen molar-refractivity contribution < 1.29 is 30.7 Å². The summed E-state index contributed by atoms with van der Waals surface area (Å²) in [6, 6.07) is 7.51. The number of halogens is 2. The summed E-state index contributed by atoms with van der Waals surface area (Å²) in [5, 5.41) is 0. The molecule has 2 aliphatic rings. The number of rotatable bonds is 9. The fraction of sp³-hybridized carbons (Fsp3) is 0.414. The lowest BCUT2D eigenvalue weighted by molar-refractivity contribution is 0.435. The van der Waals surface area contributed by atoms with Crippen molar-refractivity contribution in [2.24, 2.45) is 0 Å². The Morgan fingerprint density at radius 1 is 1.02 bits per heavy atom. The summed E-state index contributed by atoms with van der Waals surface area (Å²) in [7, 11) is -3.65. The van der Waals surface area contributed by atoms with E-state index in [1.54, 1.807) is 6.07 Å². The minimum Gasteiger partial charge on any atom is -0.755 e. The summed E-state index contributed by atoms with van der Waals surface area (Å²) in [6.45, 7) is 1.51. The number of nitrogens with zero attached hydrogens (tertiary/aromatic N) is 1. The molecule has 1 aromatic heterocycles. The normalized spacial score (nSPS) is 16.6. The van der Waals surface area contributed by atoms with E-state index >= 15 is 0 Å². The Morgan fingerprint density at radius 3 is 2.46 bits per heavy atom. The van der Waals surface area contributed by atoms with Crippen LogP contribution in [0, 0.1) is 11.6 Å². The Morgan fingerprint density at radius 2 is 1.76 bits per heavy atom. The lowest BCUT2D eigenvalue weighted by Crippen LogP contribution is -2.19. The highest BCUT2D eigenvalue weighted by molar-refractivity contribution is 7.92. The highest BCUT2D eigenvalue weighted by Gasteiger charge is 2.30. The van der Waals surface area contributed by atoms with Gasteiger partial charge in [0, 0.05) is 45.8 Å². The molecule has 2 aliphatic carbocycles. The second-order valence-electron chi connectivity index (χ2n) is 10.4. The maximum absolute atomic E-state index is 14.7. The van der Waals surface area contributed by atoms with Gasteiger partial charge in [0.15, 0.2) is 11.6 Å². The first-order valence-corrected chi connectivity index (χ1v) is 16.6. The molecule has 1 saturated carbocycles. The number of anilines is 2. The van der Waals surface area contributed by atoms with Gasteiger partial charge >= 0.3 is 0 Å². The van der Waals surface area contributed by atoms with Gasteiger partial charge in [-0.25, -0.2) is 17.2 Å². The fourth-order valence-electron chi connectivity index (χ4n) is 5.72. The number of aromatic nitrogens is 1. The first kappa shape index (κ1) is 29.4. The van der Waals surface area contributed by atoms with Crippen molar-refractivity contribution in [3.05, 3.63) is 65.0 Å². The van der Waals surface area contributed by atoms with E-state index in [4.69, 9.17) is 9.72 Å². The highest BCUT2D eigenvalue weighted by Crippen LogP contribution is 2.48. The van der Waals surface area contributed by atoms with Gasteiger partial charge < -0.3 is 14.0 Å². The molecule has 2 N–H and O–H groups in total. The number of sulfonamides is 1. The molecule has 1 unspecified atom stereocenters. The Balaban J connectivity index is 1.78. The Hall–Kier alpha value is -3.09. The average Bonchev–Trinajstić information content (AvgIpc) is 2.95. The van der Waals surface area contributed by atoms with E-state index in [0.29, 0.717) is 41.4 Å². The van der Waals surface area contributed by atoms with Crippen molar-refractivity contribution in [3.63, 3.8) is 0 Å². The predicted molar refractivity (Wildman–Crippen MR) is 154 cm³/mol. The first-order valence-electron chi connectivity index (χ1n) is 13.8. The van der Waals surface area contributed by atoms with Crippen LogP contribution >= 0.6 is 0 Å². The van der Waals surface area contributed by atoms with Gasteiger partial charge in [0.25, 0.3) is 0 Å². The number of aryl methyl sites for hydroxylation is 1. The summed E-state index contributed by atoms with van der Waals surface area (Å²) < 4.78 is 88.6. The smallest absolute Gasteiger partial charge is 0.232 e. The second kappa shape index (κ2) is 12.4. The molecule has 0 saturated heterocycles. The average molecular weight is 605 g/mol. The molecule has 0 spiro atoms. The molecule has 8 nitrogen and oxygen atoms in total. The summed E-state index contributed by atoms with van der Waals surface area (Å²) in [5.41, 5.74) is 3.83. The van der Waals surface area contributed by atoms with E-state index in [1.807, 2.05) is 0 Å². The molecular weight excluding hydrogens is 572 g/mol. The van der Waals surface area contributed by atoms with E-state index in [0.717, 1.165) is 62.3 Å². The first-order chi connectivity index (χ1) is 19.6. The van der Waals surface area contributed by atoms with Crippen LogP contribution in [0.1, 0.15) is 74.7 Å². The van der Waals surface area contributed by atoms with Crippen LogP contribution in [-0.4, -0.2) is 27.9 Å². The molecule has 0 aliphatic heterocycles. The Kier molecular flexibility index (Phi) is 8.91. The van der Waals surface area contributed by atoms with E-state index in [2.05, 4.69) is 9.44 Å². The fourth-order valence-corrected chi connectivity index (χ4v) is 6.73. The molecule has 3 aromatic rings. The number of nitrogens with one attached hydrogen (secondary N) is 2. The van der Waals surface area contributed by atoms with Gasteiger partial charge in [-0.3, -0.25) is 13.9 Å². The molecule has 2 aromatic carbocycles. The second-order valence-corrected chi connectivity index (χ2v) is 13.1. The zero-order valence-electron chi connectivity index (χ0n) is 22.7. The molecule has 1 atom stereocenters. The quantitative estimate of drug-likeness (QED) is 0.262. The highest BCUT2D eigenvalue weighted by atomic mass is 32.2. The largest absolute Gasteiger partial charge is 0.755 e. The van der Waals surface area contributed by atoms with E-state index in [1.165, 1.54) is 25.1 Å². The maximum Gasteiger partial charge on any atom is 0.232 e. The van der Waals surface area contributed by atoms with Gasteiger partial charge in [-0.1, -0.05) is 19.3 Å². The standard InChI is InChI=1S/C29H33F2N3O5S2/c1-2-41(37,38)34-20-13-15-25(39-26-14-12-19(30)16-23(26)31)22(17-20)27-21-10-6-7-11-24(21)32-28(29(27)33-40(35)36)18-8-4-3-5-9-18/h12-18,33-34H,2-11H2,1H3,(H,35,36)/p-1. The third-order valence-electron chi connectivity index (χ3n) is 7.70. The molecule has 1 heterocycles. The van der Waals surface area contributed by atoms with Gasteiger partial charge in [0.1, 0.15) is 11.6 Å². The Labute approximate surface area is 241 Å². The SMILES string of the molecule is CCS(=O)(=O)Nc1ccc(Oc2ccc(F)cc2F)c(-c2c3c(nc(C4CCCCC4)c2NS(=O)[O-])CCCC3)c1. The minimum absolute atomic E-state index is 0.0430. The van der Waals surface area contributed by atoms with Crippen molar-refractivity contribution in [2.75, 3.05) is 15.2 Å². The number of hydrogen-bond donors (Lipinski definition) is 2. The van der Waals surface area contributed by atoms with Crippen molar-refractivity contribution in [1.29, 1.82) is 0 Å². The van der Waals surface area contributed by atoms with Crippen LogP contribution in [0.3, 0.4) is 0 Å². The zero-order chi connectivity index (χ0) is 29.1. The lowest BCUT2D eigenvalue weighted by Gasteiger charge is -2.30. The van der Waals surface area contributed by atoms with E-state index < -0.39 is 32.9 Å². The van der Waals surface area contributed by atoms with E-state index in [-0.39, 0.29) is 28.9 Å². The van der Waals surface area contributed by atoms with Crippen LogP contribution in [-0.2, 0) is 34.1 Å². The van der Waals surface area contributed by atoms with Crippen LogP contribution in [0.15, 0.2) is 36.4 Å². The van der Waals surface area contributed by atoms with Gasteiger partial charge in [0.05, 0.1) is 17.1 Å². The number of benzene rings is 2. The molecule has 12 heteroatoms. The molecule has 0 radical (unpaired) electrons. The Bertz CT molecular complexity index is 1580. The number of ether oxygens (including phenoxy) is 1. The van der Waals surface area contributed by atoms with Crippen molar-refractivity contribution in [3.8, 4) is 22.6 Å². The predicted octanol–water partition coefficient (Wildman–Crippen LogP) is 6.71. The number of fused-ring (bicyclic) bond motifs is 1. The summed E-state index contributed by atoms with van der Waals surface area (Å²) >= 11 is -2.68. The molecule has 5 rings (SSSR count). The topological polar surface area (TPSA) is 120 Å². The maximum atomic E-state index is 14.7. The van der Waals surface area contributed by atoms with Crippen molar-refractivity contribution in [2.45, 2.75) is 70.6 Å². The molecule has 1 fully saturated rings. The molecule has 0 amide bonds.